The number of nitrogens with zero attached hydrogens (tertiary/aromatic N) is 3. The molecule has 0 N–H and O–H groups in total. The number of imidazole rings is 1. The van der Waals surface area contributed by atoms with Crippen LogP contribution in [-0.4, -0.2) is 34.7 Å². The van der Waals surface area contributed by atoms with Crippen LogP contribution in [0.1, 0.15) is 31.4 Å². The van der Waals surface area contributed by atoms with Crippen LogP contribution in [-0.2, 0) is 10.1 Å². The maximum atomic E-state index is 5.99. The van der Waals surface area contributed by atoms with Crippen molar-refractivity contribution >= 4 is 27.4 Å². The van der Waals surface area contributed by atoms with E-state index < -0.39 is 0 Å². The number of ether oxygens (including phenoxy) is 1. The number of halogens is 1. The zero-order valence-electron chi connectivity index (χ0n) is 12.0. The van der Waals surface area contributed by atoms with Crippen molar-refractivity contribution < 1.29 is 4.74 Å². The molecule has 4 nitrogen and oxygen atoms in total. The molecule has 2 aliphatic rings. The highest BCUT2D eigenvalue weighted by molar-refractivity contribution is 9.08. The van der Waals surface area contributed by atoms with E-state index in [2.05, 4.69) is 43.6 Å². The molecular formula is C16H20BrN3O. The number of pyridine rings is 1. The molecule has 5 heteroatoms. The molecule has 0 bridgehead atoms. The summed E-state index contributed by atoms with van der Waals surface area (Å²) in [6.45, 7) is 1.77. The molecule has 21 heavy (non-hydrogen) atoms. The summed E-state index contributed by atoms with van der Waals surface area (Å²) in [6.07, 6.45) is 7.50. The van der Waals surface area contributed by atoms with Crippen molar-refractivity contribution in [3.63, 3.8) is 0 Å². The maximum absolute atomic E-state index is 5.99. The van der Waals surface area contributed by atoms with Gasteiger partial charge < -0.3 is 14.0 Å². The molecule has 112 valence electrons. The smallest absolute Gasteiger partial charge is 0.152 e. The summed E-state index contributed by atoms with van der Waals surface area (Å²) in [5.74, 6) is 1.14. The first-order valence-electron chi connectivity index (χ1n) is 7.78. The van der Waals surface area contributed by atoms with Crippen LogP contribution in [0.5, 0.6) is 0 Å². The SMILES string of the molecule is BrCc1c(N2CCOC3CCCCC32)nc2ccccn12. The molecule has 2 aromatic rings. The number of morpholine rings is 1. The summed E-state index contributed by atoms with van der Waals surface area (Å²) < 4.78 is 8.19. The van der Waals surface area contributed by atoms with E-state index in [1.54, 1.807) is 0 Å². The third-order valence-corrected chi connectivity index (χ3v) is 5.27. The Morgan fingerprint density at radius 2 is 2.19 bits per heavy atom. The second kappa shape index (κ2) is 5.61. The molecule has 0 aromatic carbocycles. The van der Waals surface area contributed by atoms with Crippen LogP contribution in [0.4, 0.5) is 5.82 Å². The number of fused-ring (bicyclic) bond motifs is 2. The molecule has 0 radical (unpaired) electrons. The maximum Gasteiger partial charge on any atom is 0.152 e. The van der Waals surface area contributed by atoms with Crippen molar-refractivity contribution in [1.29, 1.82) is 0 Å². The van der Waals surface area contributed by atoms with Gasteiger partial charge in [-0.3, -0.25) is 0 Å². The van der Waals surface area contributed by atoms with Crippen LogP contribution in [0.25, 0.3) is 5.65 Å². The molecule has 1 aliphatic heterocycles. The van der Waals surface area contributed by atoms with Gasteiger partial charge in [0.25, 0.3) is 0 Å². The van der Waals surface area contributed by atoms with Gasteiger partial charge in [0.1, 0.15) is 5.65 Å². The lowest BCUT2D eigenvalue weighted by Gasteiger charge is -2.44. The molecule has 1 saturated carbocycles. The second-order valence-corrected chi connectivity index (χ2v) is 6.46. The topological polar surface area (TPSA) is 29.8 Å². The highest BCUT2D eigenvalue weighted by Gasteiger charge is 2.36. The zero-order chi connectivity index (χ0) is 14.2. The van der Waals surface area contributed by atoms with Crippen molar-refractivity contribution in [2.45, 2.75) is 43.2 Å². The molecule has 0 spiro atoms. The summed E-state index contributed by atoms with van der Waals surface area (Å²) >= 11 is 3.64. The molecule has 3 heterocycles. The normalized spacial score (nSPS) is 26.0. The minimum absolute atomic E-state index is 0.389. The van der Waals surface area contributed by atoms with Crippen molar-refractivity contribution in [2.75, 3.05) is 18.1 Å². The first-order chi connectivity index (χ1) is 10.4. The minimum Gasteiger partial charge on any atom is -0.374 e. The molecule has 1 aliphatic carbocycles. The Bertz CT molecular complexity index is 639. The van der Waals surface area contributed by atoms with Gasteiger partial charge in [-0.25, -0.2) is 4.98 Å². The van der Waals surface area contributed by atoms with Gasteiger partial charge in [0, 0.05) is 18.1 Å². The Morgan fingerprint density at radius 3 is 3.10 bits per heavy atom. The highest BCUT2D eigenvalue weighted by atomic mass is 79.9. The average molecular weight is 350 g/mol. The minimum atomic E-state index is 0.389. The van der Waals surface area contributed by atoms with Gasteiger partial charge in [-0.2, -0.15) is 0 Å². The van der Waals surface area contributed by atoms with Gasteiger partial charge in [0.05, 0.1) is 24.4 Å². The van der Waals surface area contributed by atoms with Crippen LogP contribution in [0.3, 0.4) is 0 Å². The van der Waals surface area contributed by atoms with Gasteiger partial charge in [0.2, 0.25) is 0 Å². The quantitative estimate of drug-likeness (QED) is 0.778. The van der Waals surface area contributed by atoms with E-state index in [1.807, 2.05) is 6.07 Å². The molecule has 0 amide bonds. The fraction of sp³-hybridized carbons (Fsp3) is 0.562. The Balaban J connectivity index is 1.77. The summed E-state index contributed by atoms with van der Waals surface area (Å²) in [5, 5.41) is 0.822. The lowest BCUT2D eigenvalue weighted by atomic mass is 9.90. The predicted molar refractivity (Wildman–Crippen MR) is 87.2 cm³/mol. The third kappa shape index (κ3) is 2.27. The van der Waals surface area contributed by atoms with E-state index in [1.165, 1.54) is 31.4 Å². The fourth-order valence-electron chi connectivity index (χ4n) is 3.75. The lowest BCUT2D eigenvalue weighted by Crippen LogP contribution is -2.53. The van der Waals surface area contributed by atoms with Crippen LogP contribution >= 0.6 is 15.9 Å². The van der Waals surface area contributed by atoms with E-state index in [9.17, 15) is 0 Å². The van der Waals surface area contributed by atoms with Crippen LogP contribution in [0.2, 0.25) is 0 Å². The number of hydrogen-bond donors (Lipinski definition) is 0. The molecule has 2 aromatic heterocycles. The molecule has 4 rings (SSSR count). The number of aromatic nitrogens is 2. The Kier molecular flexibility index (Phi) is 3.63. The number of rotatable bonds is 2. The van der Waals surface area contributed by atoms with Gasteiger partial charge in [-0.15, -0.1) is 0 Å². The largest absolute Gasteiger partial charge is 0.374 e. The van der Waals surface area contributed by atoms with Crippen LogP contribution < -0.4 is 4.90 Å². The monoisotopic (exact) mass is 349 g/mol. The molecule has 2 atom stereocenters. The van der Waals surface area contributed by atoms with Crippen LogP contribution in [0, 0.1) is 0 Å². The Labute approximate surface area is 133 Å². The zero-order valence-corrected chi connectivity index (χ0v) is 13.6. The Morgan fingerprint density at radius 1 is 1.29 bits per heavy atom. The van der Waals surface area contributed by atoms with Crippen molar-refractivity contribution in [3.8, 4) is 0 Å². The van der Waals surface area contributed by atoms with E-state index in [-0.39, 0.29) is 0 Å². The first-order valence-corrected chi connectivity index (χ1v) is 8.91. The van der Waals surface area contributed by atoms with Gasteiger partial charge in [-0.05, 0) is 25.0 Å². The highest BCUT2D eigenvalue weighted by Crippen LogP contribution is 2.34. The number of hydrogen-bond acceptors (Lipinski definition) is 3. The third-order valence-electron chi connectivity index (χ3n) is 4.74. The fourth-order valence-corrected chi connectivity index (χ4v) is 4.27. The van der Waals surface area contributed by atoms with Crippen molar-refractivity contribution in [2.24, 2.45) is 0 Å². The average Bonchev–Trinajstić information content (AvgIpc) is 2.92. The second-order valence-electron chi connectivity index (χ2n) is 5.90. The van der Waals surface area contributed by atoms with Crippen LogP contribution in [0.15, 0.2) is 24.4 Å². The summed E-state index contributed by atoms with van der Waals surface area (Å²) in [6, 6.07) is 6.68. The molecule has 1 saturated heterocycles. The first kappa shape index (κ1) is 13.6. The van der Waals surface area contributed by atoms with E-state index in [4.69, 9.17) is 9.72 Å². The van der Waals surface area contributed by atoms with Gasteiger partial charge in [0.15, 0.2) is 5.82 Å². The van der Waals surface area contributed by atoms with Gasteiger partial charge >= 0.3 is 0 Å². The lowest BCUT2D eigenvalue weighted by molar-refractivity contribution is -0.00899. The molecule has 2 fully saturated rings. The standard InChI is InChI=1S/C16H20BrN3O/c17-11-13-16(18-15-7-3-4-8-19(13)15)20-9-10-21-14-6-2-1-5-12(14)20/h3-4,7-8,12,14H,1-2,5-6,9-11H2. The Hall–Kier alpha value is -1.07. The van der Waals surface area contributed by atoms with Crippen molar-refractivity contribution in [3.05, 3.63) is 30.1 Å². The summed E-state index contributed by atoms with van der Waals surface area (Å²) in [7, 11) is 0. The van der Waals surface area contributed by atoms with E-state index >= 15 is 0 Å². The molecule has 2 unspecified atom stereocenters. The number of alkyl halides is 1. The number of anilines is 1. The summed E-state index contributed by atoms with van der Waals surface area (Å²) in [5.41, 5.74) is 2.28. The van der Waals surface area contributed by atoms with Gasteiger partial charge in [-0.1, -0.05) is 34.8 Å². The predicted octanol–water partition coefficient (Wildman–Crippen LogP) is 3.38. The van der Waals surface area contributed by atoms with E-state index in [0.717, 1.165) is 29.9 Å². The summed E-state index contributed by atoms with van der Waals surface area (Å²) in [4.78, 5) is 7.40. The van der Waals surface area contributed by atoms with E-state index in [0.29, 0.717) is 12.1 Å². The van der Waals surface area contributed by atoms with Crippen molar-refractivity contribution in [1.82, 2.24) is 9.38 Å². The molecular weight excluding hydrogens is 330 g/mol.